The van der Waals surface area contributed by atoms with Crippen LogP contribution < -0.4 is 10.9 Å². The van der Waals surface area contributed by atoms with E-state index in [0.29, 0.717) is 28.2 Å². The molecule has 0 aliphatic heterocycles. The molecule has 0 aliphatic carbocycles. The highest BCUT2D eigenvalue weighted by Crippen LogP contribution is 2.22. The van der Waals surface area contributed by atoms with Crippen molar-refractivity contribution in [2.75, 3.05) is 0 Å². The highest BCUT2D eigenvalue weighted by molar-refractivity contribution is 6.31. The molecule has 25 heavy (non-hydrogen) atoms. The minimum atomic E-state index is -0.190. The average Bonchev–Trinajstić information content (AvgIpc) is 2.60. The molecule has 0 saturated carbocycles. The van der Waals surface area contributed by atoms with Gasteiger partial charge in [0.2, 0.25) is 5.91 Å². The van der Waals surface area contributed by atoms with Crippen molar-refractivity contribution in [3.05, 3.63) is 75.3 Å². The first kappa shape index (κ1) is 17.2. The van der Waals surface area contributed by atoms with Gasteiger partial charge in [0, 0.05) is 17.9 Å². The number of carbonyl (C=O) groups excluding carboxylic acids is 1. The molecular weight excluding hydrogens is 338 g/mol. The zero-order chi connectivity index (χ0) is 17.8. The SMILES string of the molecule is C[C@@H](NC(=O)CCc1nc2ccccc2c(=O)[nH]1)c1ccccc1Cl. The number of carbonyl (C=O) groups is 1. The summed E-state index contributed by atoms with van der Waals surface area (Å²) in [6, 6.07) is 14.4. The second-order valence-corrected chi connectivity index (χ2v) is 6.25. The van der Waals surface area contributed by atoms with E-state index in [-0.39, 0.29) is 23.9 Å². The van der Waals surface area contributed by atoms with Gasteiger partial charge in [-0.05, 0) is 30.7 Å². The normalized spacial score (nSPS) is 12.1. The Morgan fingerprint density at radius 1 is 1.20 bits per heavy atom. The van der Waals surface area contributed by atoms with Crippen LogP contribution in [0.3, 0.4) is 0 Å². The molecule has 3 aromatic rings. The van der Waals surface area contributed by atoms with E-state index < -0.39 is 0 Å². The number of benzene rings is 2. The Balaban J connectivity index is 1.65. The average molecular weight is 356 g/mol. The zero-order valence-corrected chi connectivity index (χ0v) is 14.5. The summed E-state index contributed by atoms with van der Waals surface area (Å²) in [7, 11) is 0. The summed E-state index contributed by atoms with van der Waals surface area (Å²) in [6.07, 6.45) is 0.594. The lowest BCUT2D eigenvalue weighted by Crippen LogP contribution is -2.27. The van der Waals surface area contributed by atoms with Gasteiger partial charge in [-0.15, -0.1) is 0 Å². The van der Waals surface area contributed by atoms with Crippen LogP contribution in [0.1, 0.15) is 30.8 Å². The fourth-order valence-electron chi connectivity index (χ4n) is 2.70. The van der Waals surface area contributed by atoms with Crippen molar-refractivity contribution in [3.8, 4) is 0 Å². The topological polar surface area (TPSA) is 74.8 Å². The third-order valence-electron chi connectivity index (χ3n) is 4.00. The molecule has 3 rings (SSSR count). The van der Waals surface area contributed by atoms with E-state index in [0.717, 1.165) is 5.56 Å². The number of amides is 1. The largest absolute Gasteiger partial charge is 0.350 e. The Morgan fingerprint density at radius 3 is 2.72 bits per heavy atom. The third kappa shape index (κ3) is 4.06. The molecule has 2 aromatic carbocycles. The van der Waals surface area contributed by atoms with E-state index >= 15 is 0 Å². The Morgan fingerprint density at radius 2 is 1.92 bits per heavy atom. The van der Waals surface area contributed by atoms with Crippen LogP contribution in [0.4, 0.5) is 0 Å². The minimum absolute atomic E-state index is 0.122. The highest BCUT2D eigenvalue weighted by Gasteiger charge is 2.13. The molecule has 128 valence electrons. The molecule has 0 spiro atoms. The summed E-state index contributed by atoms with van der Waals surface area (Å²) >= 11 is 6.15. The fourth-order valence-corrected chi connectivity index (χ4v) is 3.00. The van der Waals surface area contributed by atoms with Crippen molar-refractivity contribution in [1.29, 1.82) is 0 Å². The van der Waals surface area contributed by atoms with Gasteiger partial charge in [-0.1, -0.05) is 41.9 Å². The van der Waals surface area contributed by atoms with Crippen LogP contribution in [0.2, 0.25) is 5.02 Å². The lowest BCUT2D eigenvalue weighted by molar-refractivity contribution is -0.121. The van der Waals surface area contributed by atoms with E-state index in [1.807, 2.05) is 31.2 Å². The molecule has 2 N–H and O–H groups in total. The maximum atomic E-state index is 12.2. The molecule has 0 saturated heterocycles. The summed E-state index contributed by atoms with van der Waals surface area (Å²) in [6.45, 7) is 1.88. The Hall–Kier alpha value is -2.66. The molecule has 0 aliphatic rings. The standard InChI is InChI=1S/C19H18ClN3O2/c1-12(13-6-2-4-8-15(13)20)21-18(24)11-10-17-22-16-9-5-3-7-14(16)19(25)23-17/h2-9,12H,10-11H2,1H3,(H,21,24)(H,22,23,25)/t12-/m1/s1. The van der Waals surface area contributed by atoms with Crippen molar-refractivity contribution < 1.29 is 4.79 Å². The third-order valence-corrected chi connectivity index (χ3v) is 4.34. The monoisotopic (exact) mass is 355 g/mol. The molecule has 0 bridgehead atoms. The fraction of sp³-hybridized carbons (Fsp3) is 0.211. The number of nitrogens with one attached hydrogen (secondary N) is 2. The molecule has 6 heteroatoms. The predicted molar refractivity (Wildman–Crippen MR) is 98.7 cm³/mol. The molecular formula is C19H18ClN3O2. The number of hydrogen-bond acceptors (Lipinski definition) is 3. The van der Waals surface area contributed by atoms with E-state index in [1.54, 1.807) is 24.3 Å². The molecule has 5 nitrogen and oxygen atoms in total. The van der Waals surface area contributed by atoms with Gasteiger partial charge in [0.05, 0.1) is 16.9 Å². The summed E-state index contributed by atoms with van der Waals surface area (Å²) in [5, 5.41) is 4.08. The van der Waals surface area contributed by atoms with Crippen LogP contribution in [-0.2, 0) is 11.2 Å². The van der Waals surface area contributed by atoms with Crippen molar-refractivity contribution in [3.63, 3.8) is 0 Å². The predicted octanol–water partition coefficient (Wildman–Crippen LogP) is 3.39. The number of aromatic nitrogens is 2. The smallest absolute Gasteiger partial charge is 0.258 e. The Kier molecular flexibility index (Phi) is 5.14. The second-order valence-electron chi connectivity index (χ2n) is 5.84. The number of rotatable bonds is 5. The van der Waals surface area contributed by atoms with Crippen molar-refractivity contribution in [1.82, 2.24) is 15.3 Å². The van der Waals surface area contributed by atoms with Crippen molar-refractivity contribution in [2.24, 2.45) is 0 Å². The number of fused-ring (bicyclic) bond motifs is 1. The van der Waals surface area contributed by atoms with Crippen LogP contribution in [0, 0.1) is 0 Å². The van der Waals surface area contributed by atoms with Crippen molar-refractivity contribution >= 4 is 28.4 Å². The molecule has 1 heterocycles. The number of aromatic amines is 1. The number of nitrogens with zero attached hydrogens (tertiary/aromatic N) is 1. The highest BCUT2D eigenvalue weighted by atomic mass is 35.5. The lowest BCUT2D eigenvalue weighted by Gasteiger charge is -2.15. The molecule has 1 aromatic heterocycles. The molecule has 1 atom stereocenters. The van der Waals surface area contributed by atoms with Gasteiger partial charge in [-0.2, -0.15) is 0 Å². The Bertz CT molecular complexity index is 968. The number of halogens is 1. The molecule has 0 unspecified atom stereocenters. The van der Waals surface area contributed by atoms with Crippen LogP contribution in [-0.4, -0.2) is 15.9 Å². The van der Waals surface area contributed by atoms with Crippen LogP contribution in [0.5, 0.6) is 0 Å². The van der Waals surface area contributed by atoms with E-state index in [2.05, 4.69) is 15.3 Å². The molecule has 0 radical (unpaired) electrons. The van der Waals surface area contributed by atoms with Gasteiger partial charge in [-0.3, -0.25) is 9.59 Å². The van der Waals surface area contributed by atoms with Gasteiger partial charge in [0.15, 0.2) is 0 Å². The summed E-state index contributed by atoms with van der Waals surface area (Å²) in [5.41, 5.74) is 1.31. The van der Waals surface area contributed by atoms with Crippen LogP contribution in [0.15, 0.2) is 53.3 Å². The lowest BCUT2D eigenvalue weighted by atomic mass is 10.1. The number of para-hydroxylation sites is 1. The van der Waals surface area contributed by atoms with Gasteiger partial charge >= 0.3 is 0 Å². The molecule has 0 fully saturated rings. The molecule has 1 amide bonds. The summed E-state index contributed by atoms with van der Waals surface area (Å²) < 4.78 is 0. The van der Waals surface area contributed by atoms with Crippen LogP contribution in [0.25, 0.3) is 10.9 Å². The number of H-pyrrole nitrogens is 1. The number of aryl methyl sites for hydroxylation is 1. The summed E-state index contributed by atoms with van der Waals surface area (Å²) in [5.74, 6) is 0.382. The first-order valence-electron chi connectivity index (χ1n) is 8.06. The summed E-state index contributed by atoms with van der Waals surface area (Å²) in [4.78, 5) is 31.4. The Labute approximate surface area is 150 Å². The maximum Gasteiger partial charge on any atom is 0.258 e. The number of hydrogen-bond donors (Lipinski definition) is 2. The van der Waals surface area contributed by atoms with Gasteiger partial charge < -0.3 is 10.3 Å². The van der Waals surface area contributed by atoms with Gasteiger partial charge in [0.1, 0.15) is 5.82 Å². The first-order valence-corrected chi connectivity index (χ1v) is 8.44. The first-order chi connectivity index (χ1) is 12.0. The van der Waals surface area contributed by atoms with Crippen LogP contribution >= 0.6 is 11.6 Å². The van der Waals surface area contributed by atoms with Gasteiger partial charge in [-0.25, -0.2) is 4.98 Å². The van der Waals surface area contributed by atoms with Crippen molar-refractivity contribution in [2.45, 2.75) is 25.8 Å². The minimum Gasteiger partial charge on any atom is -0.350 e. The quantitative estimate of drug-likeness (QED) is 0.736. The second kappa shape index (κ2) is 7.49. The van der Waals surface area contributed by atoms with E-state index in [1.165, 1.54) is 0 Å². The zero-order valence-electron chi connectivity index (χ0n) is 13.8. The van der Waals surface area contributed by atoms with E-state index in [9.17, 15) is 9.59 Å². The van der Waals surface area contributed by atoms with Gasteiger partial charge in [0.25, 0.3) is 5.56 Å². The maximum absolute atomic E-state index is 12.2. The van der Waals surface area contributed by atoms with E-state index in [4.69, 9.17) is 11.6 Å².